The molecule has 0 fully saturated rings. The van der Waals surface area contributed by atoms with E-state index < -0.39 is 6.10 Å². The van der Waals surface area contributed by atoms with Gasteiger partial charge in [-0.2, -0.15) is 0 Å². The molecule has 0 aromatic rings. The minimum atomic E-state index is -0.607. The van der Waals surface area contributed by atoms with E-state index in [0.29, 0.717) is 18.9 Å². The van der Waals surface area contributed by atoms with Crippen molar-refractivity contribution < 1.29 is 19.4 Å². The van der Waals surface area contributed by atoms with Crippen molar-refractivity contribution >= 4 is 5.97 Å². The standard InChI is InChI=1S/C11H23NO4/c1-8(2)5-10(11(14)16-4)12-6-9(13)7-15-3/h8-10,12-13H,5-7H2,1-4H3. The molecule has 5 heteroatoms. The fourth-order valence-electron chi connectivity index (χ4n) is 1.41. The van der Waals surface area contributed by atoms with Crippen molar-refractivity contribution in [1.29, 1.82) is 0 Å². The van der Waals surface area contributed by atoms with Gasteiger partial charge in [-0.25, -0.2) is 0 Å². The van der Waals surface area contributed by atoms with Crippen LogP contribution in [0.25, 0.3) is 0 Å². The van der Waals surface area contributed by atoms with Crippen molar-refractivity contribution in [3.05, 3.63) is 0 Å². The molecule has 0 amide bonds. The highest BCUT2D eigenvalue weighted by Gasteiger charge is 2.20. The van der Waals surface area contributed by atoms with Gasteiger partial charge in [0.15, 0.2) is 0 Å². The molecule has 0 bridgehead atoms. The number of rotatable bonds is 8. The van der Waals surface area contributed by atoms with Gasteiger partial charge in [-0.1, -0.05) is 13.8 Å². The van der Waals surface area contributed by atoms with Crippen LogP contribution in [0.4, 0.5) is 0 Å². The van der Waals surface area contributed by atoms with Crippen LogP contribution in [0.15, 0.2) is 0 Å². The Morgan fingerprint density at radius 1 is 1.38 bits per heavy atom. The average molecular weight is 233 g/mol. The monoisotopic (exact) mass is 233 g/mol. The third-order valence-electron chi connectivity index (χ3n) is 2.15. The van der Waals surface area contributed by atoms with Crippen LogP contribution >= 0.6 is 0 Å². The molecule has 16 heavy (non-hydrogen) atoms. The van der Waals surface area contributed by atoms with E-state index in [1.165, 1.54) is 14.2 Å². The molecule has 0 aromatic heterocycles. The summed E-state index contributed by atoms with van der Waals surface area (Å²) in [5.41, 5.74) is 0. The minimum Gasteiger partial charge on any atom is -0.468 e. The lowest BCUT2D eigenvalue weighted by Gasteiger charge is -2.20. The molecule has 0 rings (SSSR count). The van der Waals surface area contributed by atoms with Crippen LogP contribution in [-0.4, -0.2) is 50.6 Å². The van der Waals surface area contributed by atoms with Gasteiger partial charge < -0.3 is 19.9 Å². The Hall–Kier alpha value is -0.650. The normalized spacial score (nSPS) is 14.9. The first-order chi connectivity index (χ1) is 7.51. The molecule has 2 unspecified atom stereocenters. The van der Waals surface area contributed by atoms with Gasteiger partial charge in [0, 0.05) is 13.7 Å². The second-order valence-electron chi connectivity index (χ2n) is 4.22. The maximum atomic E-state index is 11.4. The summed E-state index contributed by atoms with van der Waals surface area (Å²) >= 11 is 0. The van der Waals surface area contributed by atoms with Crippen LogP contribution in [0.1, 0.15) is 20.3 Å². The Bertz CT molecular complexity index is 196. The van der Waals surface area contributed by atoms with E-state index in [-0.39, 0.29) is 18.6 Å². The van der Waals surface area contributed by atoms with Gasteiger partial charge in [-0.15, -0.1) is 0 Å². The first-order valence-electron chi connectivity index (χ1n) is 5.49. The molecule has 2 N–H and O–H groups in total. The minimum absolute atomic E-state index is 0.253. The number of carbonyl (C=O) groups is 1. The summed E-state index contributed by atoms with van der Waals surface area (Å²) in [5.74, 6) is 0.0921. The van der Waals surface area contributed by atoms with Crippen molar-refractivity contribution in [1.82, 2.24) is 5.32 Å². The van der Waals surface area contributed by atoms with Crippen LogP contribution in [0.2, 0.25) is 0 Å². The van der Waals surface area contributed by atoms with Crippen LogP contribution in [-0.2, 0) is 14.3 Å². The van der Waals surface area contributed by atoms with Crippen LogP contribution in [0.5, 0.6) is 0 Å². The Morgan fingerprint density at radius 2 is 2.00 bits per heavy atom. The van der Waals surface area contributed by atoms with Crippen molar-refractivity contribution in [3.8, 4) is 0 Å². The number of methoxy groups -OCH3 is 2. The molecule has 0 radical (unpaired) electrons. The largest absolute Gasteiger partial charge is 0.468 e. The molecule has 0 aliphatic rings. The summed E-state index contributed by atoms with van der Waals surface area (Å²) < 4.78 is 9.49. The number of aliphatic hydroxyl groups is 1. The highest BCUT2D eigenvalue weighted by atomic mass is 16.5. The Kier molecular flexibility index (Phi) is 8.15. The van der Waals surface area contributed by atoms with E-state index >= 15 is 0 Å². The summed E-state index contributed by atoms with van der Waals surface area (Å²) in [5, 5.41) is 12.4. The Balaban J connectivity index is 4.05. The van der Waals surface area contributed by atoms with E-state index in [2.05, 4.69) is 5.32 Å². The molecule has 0 aromatic carbocycles. The van der Waals surface area contributed by atoms with Gasteiger partial charge in [0.05, 0.1) is 19.8 Å². The van der Waals surface area contributed by atoms with Gasteiger partial charge in [-0.05, 0) is 12.3 Å². The van der Waals surface area contributed by atoms with Gasteiger partial charge in [0.2, 0.25) is 0 Å². The molecule has 0 spiro atoms. The van der Waals surface area contributed by atoms with E-state index in [4.69, 9.17) is 9.47 Å². The van der Waals surface area contributed by atoms with E-state index in [1.54, 1.807) is 0 Å². The summed E-state index contributed by atoms with van der Waals surface area (Å²) in [4.78, 5) is 11.4. The fourth-order valence-corrected chi connectivity index (χ4v) is 1.41. The number of hydrogen-bond acceptors (Lipinski definition) is 5. The average Bonchev–Trinajstić information content (AvgIpc) is 2.23. The maximum Gasteiger partial charge on any atom is 0.322 e. The topological polar surface area (TPSA) is 67.8 Å². The molecule has 5 nitrogen and oxygen atoms in total. The second kappa shape index (κ2) is 8.50. The zero-order valence-corrected chi connectivity index (χ0v) is 10.5. The first kappa shape index (κ1) is 15.3. The predicted octanol–water partition coefficient (Wildman–Crippen LogP) is 0.171. The Labute approximate surface area is 97.1 Å². The number of hydrogen-bond donors (Lipinski definition) is 2. The van der Waals surface area contributed by atoms with Crippen LogP contribution < -0.4 is 5.32 Å². The van der Waals surface area contributed by atoms with Crippen LogP contribution in [0.3, 0.4) is 0 Å². The molecule has 96 valence electrons. The van der Waals surface area contributed by atoms with E-state index in [9.17, 15) is 9.90 Å². The number of ether oxygens (including phenoxy) is 2. The predicted molar refractivity (Wildman–Crippen MR) is 61.1 cm³/mol. The third-order valence-corrected chi connectivity index (χ3v) is 2.15. The molecular weight excluding hydrogens is 210 g/mol. The van der Waals surface area contributed by atoms with Crippen molar-refractivity contribution in [2.75, 3.05) is 27.4 Å². The SMILES string of the molecule is COCC(O)CNC(CC(C)C)C(=O)OC. The Morgan fingerprint density at radius 3 is 2.44 bits per heavy atom. The summed E-state index contributed by atoms with van der Waals surface area (Å²) in [7, 11) is 2.89. The number of carbonyl (C=O) groups excluding carboxylic acids is 1. The van der Waals surface area contributed by atoms with Crippen molar-refractivity contribution in [2.45, 2.75) is 32.4 Å². The lowest BCUT2D eigenvalue weighted by atomic mass is 10.0. The zero-order valence-electron chi connectivity index (χ0n) is 10.5. The van der Waals surface area contributed by atoms with Gasteiger partial charge >= 0.3 is 5.97 Å². The second-order valence-corrected chi connectivity index (χ2v) is 4.22. The summed E-state index contributed by atoms with van der Waals surface area (Å²) in [6.45, 7) is 4.63. The number of aliphatic hydroxyl groups excluding tert-OH is 1. The molecule has 0 aliphatic carbocycles. The maximum absolute atomic E-state index is 11.4. The molecule has 0 aliphatic heterocycles. The van der Waals surface area contributed by atoms with E-state index in [1.807, 2.05) is 13.8 Å². The highest BCUT2D eigenvalue weighted by Crippen LogP contribution is 2.06. The summed E-state index contributed by atoms with van der Waals surface area (Å²) in [6, 6.07) is -0.364. The summed E-state index contributed by atoms with van der Waals surface area (Å²) in [6.07, 6.45) is 0.0798. The fraction of sp³-hybridized carbons (Fsp3) is 0.909. The van der Waals surface area contributed by atoms with Crippen LogP contribution in [0, 0.1) is 5.92 Å². The van der Waals surface area contributed by atoms with Crippen molar-refractivity contribution in [3.63, 3.8) is 0 Å². The highest BCUT2D eigenvalue weighted by molar-refractivity contribution is 5.75. The molecule has 0 saturated carbocycles. The van der Waals surface area contributed by atoms with Gasteiger partial charge in [-0.3, -0.25) is 4.79 Å². The lowest BCUT2D eigenvalue weighted by Crippen LogP contribution is -2.43. The quantitative estimate of drug-likeness (QED) is 0.585. The molecule has 2 atom stereocenters. The first-order valence-corrected chi connectivity index (χ1v) is 5.49. The molecule has 0 saturated heterocycles. The lowest BCUT2D eigenvalue weighted by molar-refractivity contribution is -0.143. The van der Waals surface area contributed by atoms with Crippen molar-refractivity contribution in [2.24, 2.45) is 5.92 Å². The molecule has 0 heterocycles. The van der Waals surface area contributed by atoms with E-state index in [0.717, 1.165) is 0 Å². The number of nitrogens with one attached hydrogen (secondary N) is 1. The zero-order chi connectivity index (χ0) is 12.6. The number of esters is 1. The van der Waals surface area contributed by atoms with Gasteiger partial charge in [0.25, 0.3) is 0 Å². The molecular formula is C11H23NO4. The van der Waals surface area contributed by atoms with Gasteiger partial charge in [0.1, 0.15) is 6.04 Å². The third kappa shape index (κ3) is 6.76. The smallest absolute Gasteiger partial charge is 0.322 e.